The van der Waals surface area contributed by atoms with Crippen LogP contribution in [0.2, 0.25) is 0 Å². The fourth-order valence-corrected chi connectivity index (χ4v) is 6.11. The van der Waals surface area contributed by atoms with Gasteiger partial charge in [0.1, 0.15) is 5.82 Å². The highest BCUT2D eigenvalue weighted by atomic mass is 16.5. The lowest BCUT2D eigenvalue weighted by Gasteiger charge is -2.34. The highest BCUT2D eigenvalue weighted by Crippen LogP contribution is 2.41. The number of imidazole rings is 1. The van der Waals surface area contributed by atoms with Crippen molar-refractivity contribution in [3.63, 3.8) is 0 Å². The number of amides is 1. The number of carbonyl (C=O) groups excluding carboxylic acids is 1. The molecule has 1 N–H and O–H groups in total. The maximum Gasteiger partial charge on any atom is 0.414 e. The number of hydrogen-bond donors (Lipinski definition) is 1. The van der Waals surface area contributed by atoms with Crippen LogP contribution in [0.3, 0.4) is 0 Å². The zero-order valence-corrected chi connectivity index (χ0v) is 21.3. The lowest BCUT2D eigenvalue weighted by atomic mass is 9.86. The first-order chi connectivity index (χ1) is 17.9. The average Bonchev–Trinajstić information content (AvgIpc) is 3.30. The second-order valence-electron chi connectivity index (χ2n) is 10.2. The minimum atomic E-state index is -0.893. The monoisotopic (exact) mass is 500 g/mol. The fourth-order valence-electron chi connectivity index (χ4n) is 6.11. The van der Waals surface area contributed by atoms with Crippen LogP contribution in [0.4, 0.5) is 10.5 Å². The SMILES string of the molecule is COC(=O)N1c2ccc3c(nc(C[C@@H](C(=O)O)c4ccccc4)n3[C@H]3CCC[C@H](C#N)C3)c2CC[C@@H]1C. The number of carboxylic acids is 1. The molecule has 192 valence electrons. The van der Waals surface area contributed by atoms with E-state index < -0.39 is 18.0 Å². The summed E-state index contributed by atoms with van der Waals surface area (Å²) in [4.78, 5) is 31.8. The lowest BCUT2D eigenvalue weighted by Crippen LogP contribution is -2.42. The summed E-state index contributed by atoms with van der Waals surface area (Å²) in [6, 6.07) is 15.7. The van der Waals surface area contributed by atoms with Gasteiger partial charge in [0.2, 0.25) is 0 Å². The maximum absolute atomic E-state index is 12.6. The van der Waals surface area contributed by atoms with Gasteiger partial charge < -0.3 is 14.4 Å². The molecule has 8 heteroatoms. The first-order valence-corrected chi connectivity index (χ1v) is 13.0. The third kappa shape index (κ3) is 4.55. The van der Waals surface area contributed by atoms with Crippen molar-refractivity contribution in [3.8, 4) is 6.07 Å². The van der Waals surface area contributed by atoms with E-state index in [4.69, 9.17) is 9.72 Å². The van der Waals surface area contributed by atoms with Gasteiger partial charge in [-0.25, -0.2) is 9.78 Å². The zero-order chi connectivity index (χ0) is 26.1. The number of nitrogens with zero attached hydrogens (tertiary/aromatic N) is 4. The quantitative estimate of drug-likeness (QED) is 0.488. The minimum Gasteiger partial charge on any atom is -0.481 e. The van der Waals surface area contributed by atoms with E-state index in [1.165, 1.54) is 7.11 Å². The molecule has 0 spiro atoms. The van der Waals surface area contributed by atoms with Crippen LogP contribution in [0.5, 0.6) is 0 Å². The largest absolute Gasteiger partial charge is 0.481 e. The molecule has 1 amide bonds. The van der Waals surface area contributed by atoms with E-state index in [1.807, 2.05) is 49.4 Å². The number of carbonyl (C=O) groups is 2. The van der Waals surface area contributed by atoms with Crippen LogP contribution in [0, 0.1) is 17.2 Å². The minimum absolute atomic E-state index is 0.00292. The van der Waals surface area contributed by atoms with Gasteiger partial charge in [0, 0.05) is 30.0 Å². The molecule has 1 aliphatic heterocycles. The number of benzene rings is 2. The average molecular weight is 501 g/mol. The van der Waals surface area contributed by atoms with Crippen LogP contribution in [-0.4, -0.2) is 39.9 Å². The molecule has 1 saturated carbocycles. The van der Waals surface area contributed by atoms with Crippen molar-refractivity contribution >= 4 is 28.8 Å². The third-order valence-corrected chi connectivity index (χ3v) is 7.98. The molecule has 2 aliphatic rings. The van der Waals surface area contributed by atoms with E-state index in [0.717, 1.165) is 66.4 Å². The molecule has 8 nitrogen and oxygen atoms in total. The summed E-state index contributed by atoms with van der Waals surface area (Å²) in [7, 11) is 1.39. The molecule has 1 aliphatic carbocycles. The lowest BCUT2D eigenvalue weighted by molar-refractivity contribution is -0.138. The highest BCUT2D eigenvalue weighted by molar-refractivity contribution is 5.95. The number of anilines is 1. The molecule has 1 aromatic heterocycles. The molecule has 37 heavy (non-hydrogen) atoms. The van der Waals surface area contributed by atoms with E-state index in [0.29, 0.717) is 5.82 Å². The molecule has 4 atom stereocenters. The Bertz CT molecular complexity index is 1360. The summed E-state index contributed by atoms with van der Waals surface area (Å²) in [6.07, 6.45) is 4.87. The van der Waals surface area contributed by atoms with Gasteiger partial charge in [-0.05, 0) is 56.7 Å². The molecule has 3 aromatic rings. The van der Waals surface area contributed by atoms with Crippen molar-refractivity contribution < 1.29 is 19.4 Å². The number of carboxylic acid groups (broad SMARTS) is 1. The van der Waals surface area contributed by atoms with Crippen LogP contribution < -0.4 is 4.90 Å². The Balaban J connectivity index is 1.66. The molecule has 0 radical (unpaired) electrons. The molecule has 5 rings (SSSR count). The Kier molecular flexibility index (Phi) is 6.88. The molecular formula is C29H32N4O4. The van der Waals surface area contributed by atoms with E-state index in [1.54, 1.807) is 4.90 Å². The van der Waals surface area contributed by atoms with Crippen molar-refractivity contribution in [1.29, 1.82) is 5.26 Å². The Hall–Kier alpha value is -3.86. The number of aromatic nitrogens is 2. The van der Waals surface area contributed by atoms with E-state index in [-0.39, 0.29) is 24.4 Å². The smallest absolute Gasteiger partial charge is 0.414 e. The predicted molar refractivity (Wildman–Crippen MR) is 140 cm³/mol. The highest BCUT2D eigenvalue weighted by Gasteiger charge is 2.34. The van der Waals surface area contributed by atoms with Crippen LogP contribution >= 0.6 is 0 Å². The topological polar surface area (TPSA) is 108 Å². The summed E-state index contributed by atoms with van der Waals surface area (Å²) in [5, 5.41) is 19.8. The van der Waals surface area contributed by atoms with Gasteiger partial charge in [-0.15, -0.1) is 0 Å². The zero-order valence-electron chi connectivity index (χ0n) is 21.3. The first-order valence-electron chi connectivity index (χ1n) is 13.0. The number of methoxy groups -OCH3 is 1. The summed E-state index contributed by atoms with van der Waals surface area (Å²) in [5.74, 6) is -0.946. The van der Waals surface area contributed by atoms with E-state index in [9.17, 15) is 20.0 Å². The van der Waals surface area contributed by atoms with Gasteiger partial charge in [-0.1, -0.05) is 36.8 Å². The molecule has 2 heterocycles. The summed E-state index contributed by atoms with van der Waals surface area (Å²) < 4.78 is 7.26. The van der Waals surface area contributed by atoms with E-state index in [2.05, 4.69) is 10.6 Å². The van der Waals surface area contributed by atoms with Gasteiger partial charge in [-0.2, -0.15) is 5.26 Å². The van der Waals surface area contributed by atoms with Crippen molar-refractivity contribution in [2.75, 3.05) is 12.0 Å². The van der Waals surface area contributed by atoms with Gasteiger partial charge in [0.25, 0.3) is 0 Å². The fraction of sp³-hybridized carbons (Fsp3) is 0.448. The van der Waals surface area contributed by atoms with Crippen molar-refractivity contribution in [3.05, 3.63) is 59.4 Å². The number of hydrogen-bond acceptors (Lipinski definition) is 5. The molecule has 0 saturated heterocycles. The predicted octanol–water partition coefficient (Wildman–Crippen LogP) is 5.61. The molecule has 0 unspecified atom stereocenters. The van der Waals surface area contributed by atoms with Crippen molar-refractivity contribution in [2.24, 2.45) is 5.92 Å². The summed E-state index contributed by atoms with van der Waals surface area (Å²) in [6.45, 7) is 2.01. The van der Waals surface area contributed by atoms with Gasteiger partial charge in [0.15, 0.2) is 0 Å². The number of nitriles is 1. The van der Waals surface area contributed by atoms with Gasteiger partial charge >= 0.3 is 12.1 Å². The van der Waals surface area contributed by atoms with E-state index >= 15 is 0 Å². The van der Waals surface area contributed by atoms with Crippen LogP contribution in [0.1, 0.15) is 67.9 Å². The summed E-state index contributed by atoms with van der Waals surface area (Å²) in [5.41, 5.74) is 4.27. The number of ether oxygens (including phenoxy) is 1. The standard InChI is InChI=1S/C29H32N4O4/c1-18-11-12-22-24(32(18)29(36)37-2)13-14-25-27(22)31-26(33(25)21-10-6-7-19(15-21)17-30)16-23(28(34)35)20-8-4-3-5-9-20/h3-5,8-9,13-14,18-19,21,23H,6-7,10-12,15-16H2,1-2H3,(H,34,35)/t18-,19-,21-,23+/m0/s1. The molecule has 1 fully saturated rings. The van der Waals surface area contributed by atoms with Crippen molar-refractivity contribution in [1.82, 2.24) is 9.55 Å². The Morgan fingerprint density at radius 1 is 1.19 bits per heavy atom. The number of aryl methyl sites for hydroxylation is 1. The van der Waals surface area contributed by atoms with Gasteiger partial charge in [-0.3, -0.25) is 9.69 Å². The van der Waals surface area contributed by atoms with Crippen LogP contribution in [0.15, 0.2) is 42.5 Å². The second-order valence-corrected chi connectivity index (χ2v) is 10.2. The third-order valence-electron chi connectivity index (χ3n) is 7.98. The number of fused-ring (bicyclic) bond motifs is 3. The second kappa shape index (κ2) is 10.3. The Morgan fingerprint density at radius 2 is 1.97 bits per heavy atom. The number of aliphatic carboxylic acids is 1. The van der Waals surface area contributed by atoms with Crippen molar-refractivity contribution in [2.45, 2.75) is 69.9 Å². The summed E-state index contributed by atoms with van der Waals surface area (Å²) >= 11 is 0. The molecule has 2 aromatic carbocycles. The molecule has 0 bridgehead atoms. The maximum atomic E-state index is 12.6. The molecular weight excluding hydrogens is 468 g/mol. The first kappa shape index (κ1) is 24.8. The Morgan fingerprint density at radius 3 is 2.68 bits per heavy atom. The Labute approximate surface area is 216 Å². The normalized spacial score (nSPS) is 22.2. The van der Waals surface area contributed by atoms with Gasteiger partial charge in [0.05, 0.1) is 35.8 Å². The van der Waals surface area contributed by atoms with Crippen LogP contribution in [0.25, 0.3) is 11.0 Å². The van der Waals surface area contributed by atoms with Crippen LogP contribution in [-0.2, 0) is 22.4 Å². The number of rotatable bonds is 5.